The topological polar surface area (TPSA) is 47.8 Å². The fourth-order valence-corrected chi connectivity index (χ4v) is 1.56. The van der Waals surface area contributed by atoms with Gasteiger partial charge in [0.05, 0.1) is 0 Å². The first kappa shape index (κ1) is 11.4. The predicted octanol–water partition coefficient (Wildman–Crippen LogP) is 2.04. The molecule has 1 aromatic carbocycles. The highest BCUT2D eigenvalue weighted by molar-refractivity contribution is 6.01. The summed E-state index contributed by atoms with van der Waals surface area (Å²) in [5.41, 5.74) is -0.388. The van der Waals surface area contributed by atoms with E-state index >= 15 is 0 Å². The molecule has 0 bridgehead atoms. The molecule has 0 aliphatic rings. The number of Topliss-reactive ketones (excluding diaryl/α,β-unsaturated/α-hetero) is 1. The standard InChI is InChI=1S/C12H12FN3O/c1-12(2,16-8-14-7-15-16)11(17)9-3-5-10(13)6-4-9/h3-8H,1-2H3. The van der Waals surface area contributed by atoms with Gasteiger partial charge >= 0.3 is 0 Å². The molecule has 0 atom stereocenters. The van der Waals surface area contributed by atoms with Crippen LogP contribution in [0.15, 0.2) is 36.9 Å². The Morgan fingerprint density at radius 2 is 1.94 bits per heavy atom. The van der Waals surface area contributed by atoms with Gasteiger partial charge in [-0.2, -0.15) is 5.10 Å². The maximum absolute atomic E-state index is 12.8. The highest BCUT2D eigenvalue weighted by Gasteiger charge is 2.31. The van der Waals surface area contributed by atoms with Crippen molar-refractivity contribution in [2.24, 2.45) is 0 Å². The molecule has 88 valence electrons. The lowest BCUT2D eigenvalue weighted by molar-refractivity contribution is 0.0833. The van der Waals surface area contributed by atoms with Gasteiger partial charge in [0.15, 0.2) is 5.78 Å². The number of ketones is 1. The highest BCUT2D eigenvalue weighted by Crippen LogP contribution is 2.20. The van der Waals surface area contributed by atoms with Crippen molar-refractivity contribution in [2.75, 3.05) is 0 Å². The Balaban J connectivity index is 2.34. The van der Waals surface area contributed by atoms with Gasteiger partial charge in [-0.1, -0.05) is 0 Å². The quantitative estimate of drug-likeness (QED) is 0.762. The van der Waals surface area contributed by atoms with E-state index in [4.69, 9.17) is 0 Å². The second kappa shape index (κ2) is 4.08. The van der Waals surface area contributed by atoms with Gasteiger partial charge in [0.25, 0.3) is 0 Å². The van der Waals surface area contributed by atoms with Crippen LogP contribution < -0.4 is 0 Å². The zero-order valence-electron chi connectivity index (χ0n) is 9.59. The number of carbonyl (C=O) groups excluding carboxylic acids is 1. The van der Waals surface area contributed by atoms with Crippen LogP contribution in [0.1, 0.15) is 24.2 Å². The van der Waals surface area contributed by atoms with E-state index in [0.29, 0.717) is 5.56 Å². The van der Waals surface area contributed by atoms with Gasteiger partial charge in [-0.25, -0.2) is 14.1 Å². The van der Waals surface area contributed by atoms with E-state index in [9.17, 15) is 9.18 Å². The minimum atomic E-state index is -0.839. The molecule has 0 saturated carbocycles. The van der Waals surface area contributed by atoms with Crippen molar-refractivity contribution in [3.8, 4) is 0 Å². The Morgan fingerprint density at radius 1 is 1.29 bits per heavy atom. The molecule has 0 N–H and O–H groups in total. The third kappa shape index (κ3) is 2.08. The second-order valence-electron chi connectivity index (χ2n) is 4.24. The zero-order valence-corrected chi connectivity index (χ0v) is 9.59. The third-order valence-corrected chi connectivity index (χ3v) is 2.65. The predicted molar refractivity (Wildman–Crippen MR) is 60.1 cm³/mol. The maximum Gasteiger partial charge on any atom is 0.189 e. The largest absolute Gasteiger partial charge is 0.291 e. The van der Waals surface area contributed by atoms with Crippen LogP contribution in [-0.2, 0) is 5.54 Å². The number of halogens is 1. The van der Waals surface area contributed by atoms with Gasteiger partial charge in [-0.05, 0) is 38.1 Å². The molecule has 0 aliphatic carbocycles. The lowest BCUT2D eigenvalue weighted by Gasteiger charge is -2.23. The van der Waals surface area contributed by atoms with Crippen LogP contribution in [0.2, 0.25) is 0 Å². The van der Waals surface area contributed by atoms with E-state index in [2.05, 4.69) is 10.1 Å². The van der Waals surface area contributed by atoms with Crippen LogP contribution in [0.4, 0.5) is 4.39 Å². The molecule has 0 fully saturated rings. The fourth-order valence-electron chi connectivity index (χ4n) is 1.56. The van der Waals surface area contributed by atoms with E-state index in [1.165, 1.54) is 41.6 Å². The average molecular weight is 233 g/mol. The number of benzene rings is 1. The average Bonchev–Trinajstić information content (AvgIpc) is 2.83. The lowest BCUT2D eigenvalue weighted by atomic mass is 9.93. The first-order valence-electron chi connectivity index (χ1n) is 5.17. The van der Waals surface area contributed by atoms with Crippen molar-refractivity contribution in [2.45, 2.75) is 19.4 Å². The van der Waals surface area contributed by atoms with Crippen LogP contribution >= 0.6 is 0 Å². The van der Waals surface area contributed by atoms with Crippen LogP contribution in [0.25, 0.3) is 0 Å². The number of nitrogens with zero attached hydrogens (tertiary/aromatic N) is 3. The Labute approximate surface area is 98.1 Å². The molecule has 5 heteroatoms. The van der Waals surface area contributed by atoms with Crippen LogP contribution in [0.5, 0.6) is 0 Å². The van der Waals surface area contributed by atoms with Gasteiger partial charge in [-0.3, -0.25) is 4.79 Å². The molecule has 2 rings (SSSR count). The minimum absolute atomic E-state index is 0.136. The molecule has 17 heavy (non-hydrogen) atoms. The van der Waals surface area contributed by atoms with Crippen LogP contribution in [0.3, 0.4) is 0 Å². The molecule has 1 heterocycles. The zero-order chi connectivity index (χ0) is 12.5. The van der Waals surface area contributed by atoms with Crippen molar-refractivity contribution >= 4 is 5.78 Å². The first-order chi connectivity index (χ1) is 8.01. The van der Waals surface area contributed by atoms with Crippen molar-refractivity contribution in [1.82, 2.24) is 14.8 Å². The summed E-state index contributed by atoms with van der Waals surface area (Å²) in [5, 5.41) is 3.96. The molecule has 0 unspecified atom stereocenters. The first-order valence-corrected chi connectivity index (χ1v) is 5.17. The van der Waals surface area contributed by atoms with Gasteiger partial charge in [-0.15, -0.1) is 0 Å². The van der Waals surface area contributed by atoms with Crippen molar-refractivity contribution in [3.05, 3.63) is 48.3 Å². The molecule has 0 amide bonds. The molecule has 0 saturated heterocycles. The SMILES string of the molecule is CC(C)(C(=O)c1ccc(F)cc1)n1cncn1. The summed E-state index contributed by atoms with van der Waals surface area (Å²) in [6.45, 7) is 3.49. The highest BCUT2D eigenvalue weighted by atomic mass is 19.1. The van der Waals surface area contributed by atoms with E-state index in [1.54, 1.807) is 13.8 Å². The van der Waals surface area contributed by atoms with Gasteiger partial charge < -0.3 is 0 Å². The summed E-state index contributed by atoms with van der Waals surface area (Å²) in [6, 6.07) is 5.47. The molecule has 0 aliphatic heterocycles. The Hall–Kier alpha value is -2.04. The Kier molecular flexibility index (Phi) is 2.75. The van der Waals surface area contributed by atoms with Gasteiger partial charge in [0.1, 0.15) is 24.0 Å². The third-order valence-electron chi connectivity index (χ3n) is 2.65. The second-order valence-corrected chi connectivity index (χ2v) is 4.24. The van der Waals surface area contributed by atoms with Crippen molar-refractivity contribution in [3.63, 3.8) is 0 Å². The lowest BCUT2D eigenvalue weighted by Crippen LogP contribution is -2.36. The maximum atomic E-state index is 12.8. The summed E-state index contributed by atoms with van der Waals surface area (Å²) in [6.07, 6.45) is 2.86. The molecule has 0 spiro atoms. The number of hydrogen-bond donors (Lipinski definition) is 0. The molecule has 1 aromatic heterocycles. The molecule has 0 radical (unpaired) electrons. The molecule has 2 aromatic rings. The number of rotatable bonds is 3. The summed E-state index contributed by atoms with van der Waals surface area (Å²) >= 11 is 0. The number of aromatic nitrogens is 3. The van der Waals surface area contributed by atoms with Gasteiger partial charge in [0.2, 0.25) is 0 Å². The van der Waals surface area contributed by atoms with Crippen molar-refractivity contribution in [1.29, 1.82) is 0 Å². The molecule has 4 nitrogen and oxygen atoms in total. The minimum Gasteiger partial charge on any atom is -0.291 e. The Bertz CT molecular complexity index is 517. The Morgan fingerprint density at radius 3 is 2.47 bits per heavy atom. The summed E-state index contributed by atoms with van der Waals surface area (Å²) in [4.78, 5) is 16.1. The summed E-state index contributed by atoms with van der Waals surface area (Å²) < 4.78 is 14.3. The van der Waals surface area contributed by atoms with E-state index in [0.717, 1.165) is 0 Å². The van der Waals surface area contributed by atoms with Crippen LogP contribution in [0, 0.1) is 5.82 Å². The number of hydrogen-bond acceptors (Lipinski definition) is 3. The molecular weight excluding hydrogens is 221 g/mol. The molecular formula is C12H12FN3O. The fraction of sp³-hybridized carbons (Fsp3) is 0.250. The summed E-state index contributed by atoms with van der Waals surface area (Å²) in [7, 11) is 0. The normalized spacial score (nSPS) is 11.5. The monoisotopic (exact) mass is 233 g/mol. The summed E-state index contributed by atoms with van der Waals surface area (Å²) in [5.74, 6) is -0.497. The smallest absolute Gasteiger partial charge is 0.189 e. The number of carbonyl (C=O) groups is 1. The van der Waals surface area contributed by atoms with E-state index < -0.39 is 5.54 Å². The van der Waals surface area contributed by atoms with E-state index in [-0.39, 0.29) is 11.6 Å². The van der Waals surface area contributed by atoms with E-state index in [1.807, 2.05) is 0 Å². The van der Waals surface area contributed by atoms with Crippen molar-refractivity contribution < 1.29 is 9.18 Å². The van der Waals surface area contributed by atoms with Crippen LogP contribution in [-0.4, -0.2) is 20.5 Å². The van der Waals surface area contributed by atoms with Gasteiger partial charge in [0, 0.05) is 5.56 Å².